The van der Waals surface area contributed by atoms with Crippen LogP contribution in [0.1, 0.15) is 0 Å². The quantitative estimate of drug-likeness (QED) is 0.468. The minimum atomic E-state index is -0.668. The summed E-state index contributed by atoms with van der Waals surface area (Å²) in [6.07, 6.45) is 1.73. The highest BCUT2D eigenvalue weighted by atomic mass is 32.2. The maximum Gasteiger partial charge on any atom is 0.277 e. The summed E-state index contributed by atoms with van der Waals surface area (Å²) in [6, 6.07) is 0. The Morgan fingerprint density at radius 2 is 1.53 bits per heavy atom. The van der Waals surface area contributed by atoms with E-state index in [1.807, 2.05) is 0 Å². The molecule has 78 valence electrons. The maximum absolute atomic E-state index is 9.44. The van der Waals surface area contributed by atoms with Gasteiger partial charge in [0.1, 0.15) is 0 Å². The molecular formula is C7H6N4O3S. The molecule has 2 heterocycles. The molecule has 2 rings (SSSR count). The zero-order valence-corrected chi connectivity index (χ0v) is 8.36. The molecule has 0 radical (unpaired) electrons. The van der Waals surface area contributed by atoms with E-state index in [2.05, 4.69) is 19.9 Å². The molecule has 0 aliphatic rings. The van der Waals surface area contributed by atoms with Gasteiger partial charge in [-0.05, 0) is 6.26 Å². The van der Waals surface area contributed by atoms with E-state index < -0.39 is 11.8 Å². The molecule has 2 aromatic rings. The molecule has 0 saturated carbocycles. The summed E-state index contributed by atoms with van der Waals surface area (Å²) < 4.78 is 0. The van der Waals surface area contributed by atoms with E-state index in [1.54, 1.807) is 6.26 Å². The molecule has 0 aromatic carbocycles. The third-order valence-electron chi connectivity index (χ3n) is 1.64. The van der Waals surface area contributed by atoms with Gasteiger partial charge in [0, 0.05) is 0 Å². The van der Waals surface area contributed by atoms with Crippen LogP contribution in [0.15, 0.2) is 5.16 Å². The first-order chi connectivity index (χ1) is 7.11. The first kappa shape index (κ1) is 9.71. The van der Waals surface area contributed by atoms with Gasteiger partial charge >= 0.3 is 0 Å². The zero-order chi connectivity index (χ0) is 11.0. The van der Waals surface area contributed by atoms with E-state index >= 15 is 0 Å². The topological polar surface area (TPSA) is 112 Å². The van der Waals surface area contributed by atoms with Crippen LogP contribution < -0.4 is 0 Å². The lowest BCUT2D eigenvalue weighted by Gasteiger charge is -2.02. The number of aromatic nitrogens is 4. The van der Waals surface area contributed by atoms with Crippen LogP contribution >= 0.6 is 11.8 Å². The highest BCUT2D eigenvalue weighted by Gasteiger charge is 2.13. The molecule has 0 saturated heterocycles. The number of hydrogen-bond donors (Lipinski definition) is 3. The Morgan fingerprint density at radius 1 is 0.867 bits per heavy atom. The fraction of sp³-hybridized carbons (Fsp3) is 0.143. The molecule has 2 aromatic heterocycles. The first-order valence-electron chi connectivity index (χ1n) is 3.82. The van der Waals surface area contributed by atoms with Gasteiger partial charge in [0.2, 0.25) is 5.88 Å². The first-order valence-corrected chi connectivity index (χ1v) is 5.05. The van der Waals surface area contributed by atoms with Gasteiger partial charge in [-0.3, -0.25) is 0 Å². The second kappa shape index (κ2) is 3.39. The van der Waals surface area contributed by atoms with Gasteiger partial charge in [0.05, 0.1) is 0 Å². The van der Waals surface area contributed by atoms with E-state index in [0.717, 1.165) is 0 Å². The third-order valence-corrected chi connectivity index (χ3v) is 2.19. The summed E-state index contributed by atoms with van der Waals surface area (Å²) in [5, 5.41) is 27.9. The monoisotopic (exact) mass is 226 g/mol. The summed E-state index contributed by atoms with van der Waals surface area (Å²) in [5.41, 5.74) is -0.0229. The summed E-state index contributed by atoms with van der Waals surface area (Å²) in [5.74, 6) is -1.68. The Balaban J connectivity index is 2.80. The van der Waals surface area contributed by atoms with Crippen LogP contribution in [0.3, 0.4) is 0 Å². The van der Waals surface area contributed by atoms with Gasteiger partial charge in [-0.15, -0.1) is 0 Å². The van der Waals surface area contributed by atoms with Crippen molar-refractivity contribution in [2.45, 2.75) is 5.16 Å². The van der Waals surface area contributed by atoms with Gasteiger partial charge < -0.3 is 15.3 Å². The fourth-order valence-corrected chi connectivity index (χ4v) is 1.34. The van der Waals surface area contributed by atoms with Crippen molar-refractivity contribution in [2.75, 3.05) is 6.26 Å². The molecule has 3 N–H and O–H groups in total. The van der Waals surface area contributed by atoms with Gasteiger partial charge in [-0.2, -0.15) is 15.0 Å². The lowest BCUT2D eigenvalue weighted by molar-refractivity contribution is 0.376. The standard InChI is InChI=1S/C7H6N4O3S/c1-15-7-10-3-2(4(12)11-7)8-5(13)6(14)9-3/h1H3,(H,8,13)(H2,9,10,11,12,14). The molecule has 7 nitrogen and oxygen atoms in total. The average molecular weight is 226 g/mol. The van der Waals surface area contributed by atoms with Crippen LogP contribution in [-0.4, -0.2) is 41.5 Å². The molecule has 0 amide bonds. The summed E-state index contributed by atoms with van der Waals surface area (Å²) in [7, 11) is 0. The van der Waals surface area contributed by atoms with Crippen LogP contribution in [0.25, 0.3) is 11.2 Å². The Labute approximate surface area is 87.9 Å². The second-order valence-corrected chi connectivity index (χ2v) is 3.35. The molecule has 0 atom stereocenters. The Morgan fingerprint density at radius 3 is 2.20 bits per heavy atom. The molecule has 0 bridgehead atoms. The van der Waals surface area contributed by atoms with Crippen molar-refractivity contribution in [1.29, 1.82) is 0 Å². The van der Waals surface area contributed by atoms with Gasteiger partial charge in [-0.25, -0.2) is 4.98 Å². The third kappa shape index (κ3) is 1.59. The predicted octanol–water partition coefficient (Wildman–Crippen LogP) is 0.258. The van der Waals surface area contributed by atoms with Gasteiger partial charge in [-0.1, -0.05) is 11.8 Å². The predicted molar refractivity (Wildman–Crippen MR) is 51.9 cm³/mol. The van der Waals surface area contributed by atoms with Crippen molar-refractivity contribution in [3.05, 3.63) is 0 Å². The molecule has 0 spiro atoms. The van der Waals surface area contributed by atoms with E-state index in [0.29, 0.717) is 5.16 Å². The summed E-state index contributed by atoms with van der Waals surface area (Å²) in [4.78, 5) is 14.7. The van der Waals surface area contributed by atoms with E-state index in [-0.39, 0.29) is 17.0 Å². The Hall–Kier alpha value is -1.83. The fourth-order valence-electron chi connectivity index (χ4n) is 0.988. The molecular weight excluding hydrogens is 220 g/mol. The molecule has 0 aliphatic heterocycles. The lowest BCUT2D eigenvalue weighted by Crippen LogP contribution is -1.94. The highest BCUT2D eigenvalue weighted by Crippen LogP contribution is 2.27. The van der Waals surface area contributed by atoms with Crippen LogP contribution in [0, 0.1) is 0 Å². The number of thioether (sulfide) groups is 1. The van der Waals surface area contributed by atoms with Crippen molar-refractivity contribution in [3.63, 3.8) is 0 Å². The average Bonchev–Trinajstić information content (AvgIpc) is 2.21. The van der Waals surface area contributed by atoms with Gasteiger partial charge in [0.15, 0.2) is 16.3 Å². The number of aromatic hydroxyl groups is 3. The normalized spacial score (nSPS) is 10.7. The Kier molecular flexibility index (Phi) is 2.19. The van der Waals surface area contributed by atoms with Crippen LogP contribution in [0.2, 0.25) is 0 Å². The van der Waals surface area contributed by atoms with Crippen molar-refractivity contribution < 1.29 is 15.3 Å². The highest BCUT2D eigenvalue weighted by molar-refractivity contribution is 7.98. The van der Waals surface area contributed by atoms with E-state index in [4.69, 9.17) is 10.2 Å². The minimum absolute atomic E-state index is 0.0298. The SMILES string of the molecule is CSc1nc(O)c2nc(O)c(O)nc2n1. The number of nitrogens with zero attached hydrogens (tertiary/aromatic N) is 4. The zero-order valence-electron chi connectivity index (χ0n) is 7.54. The van der Waals surface area contributed by atoms with Crippen LogP contribution in [0.5, 0.6) is 17.6 Å². The lowest BCUT2D eigenvalue weighted by atomic mass is 10.5. The second-order valence-electron chi connectivity index (χ2n) is 2.58. The Bertz CT molecular complexity index is 533. The molecule has 15 heavy (non-hydrogen) atoms. The van der Waals surface area contributed by atoms with Crippen LogP contribution in [-0.2, 0) is 0 Å². The largest absolute Gasteiger partial charge is 0.492 e. The number of hydrogen-bond acceptors (Lipinski definition) is 8. The smallest absolute Gasteiger partial charge is 0.277 e. The van der Waals surface area contributed by atoms with Crippen molar-refractivity contribution in [1.82, 2.24) is 19.9 Å². The van der Waals surface area contributed by atoms with Crippen molar-refractivity contribution in [2.24, 2.45) is 0 Å². The number of fused-ring (bicyclic) bond motifs is 1. The maximum atomic E-state index is 9.44. The number of rotatable bonds is 1. The molecule has 0 aliphatic carbocycles. The minimum Gasteiger partial charge on any atom is -0.492 e. The van der Waals surface area contributed by atoms with E-state index in [9.17, 15) is 5.11 Å². The van der Waals surface area contributed by atoms with Crippen molar-refractivity contribution in [3.8, 4) is 17.6 Å². The summed E-state index contributed by atoms with van der Waals surface area (Å²) >= 11 is 1.21. The molecule has 8 heteroatoms. The van der Waals surface area contributed by atoms with E-state index in [1.165, 1.54) is 11.8 Å². The summed E-state index contributed by atoms with van der Waals surface area (Å²) in [6.45, 7) is 0. The van der Waals surface area contributed by atoms with Gasteiger partial charge in [0.25, 0.3) is 11.8 Å². The van der Waals surface area contributed by atoms with Crippen molar-refractivity contribution >= 4 is 22.9 Å². The van der Waals surface area contributed by atoms with Crippen LogP contribution in [0.4, 0.5) is 0 Å². The molecule has 0 fully saturated rings. The molecule has 0 unspecified atom stereocenters.